The molecule has 0 fully saturated rings. The third kappa shape index (κ3) is 5.49. The van der Waals surface area contributed by atoms with Crippen molar-refractivity contribution in [3.8, 4) is 0 Å². The first-order valence-corrected chi connectivity index (χ1v) is 11.6. The normalized spacial score (nSPS) is 12.2. The van der Waals surface area contributed by atoms with Crippen LogP contribution in [0.15, 0.2) is 28.5 Å². The molecule has 11 heteroatoms. The lowest BCUT2D eigenvalue weighted by atomic mass is 10.1. The molecule has 9 nitrogen and oxygen atoms in total. The van der Waals surface area contributed by atoms with Gasteiger partial charge in [0.15, 0.2) is 4.21 Å². The second-order valence-electron chi connectivity index (χ2n) is 6.58. The van der Waals surface area contributed by atoms with Crippen molar-refractivity contribution < 1.29 is 32.3 Å². The highest BCUT2D eigenvalue weighted by atomic mass is 32.2. The minimum atomic E-state index is -4.34. The second kappa shape index (κ2) is 10.0. The lowest BCUT2D eigenvalue weighted by molar-refractivity contribution is -0.117. The summed E-state index contributed by atoms with van der Waals surface area (Å²) in [5, 5.41) is 2.63. The molecule has 0 bridgehead atoms. The van der Waals surface area contributed by atoms with E-state index in [1.54, 1.807) is 12.1 Å². The monoisotopic (exact) mass is 468 g/mol. The Morgan fingerprint density at radius 2 is 1.65 bits per heavy atom. The van der Waals surface area contributed by atoms with Gasteiger partial charge in [0, 0.05) is 5.69 Å². The molecule has 1 amide bonds. The van der Waals surface area contributed by atoms with Gasteiger partial charge in [0.2, 0.25) is 5.91 Å². The molecule has 1 atom stereocenters. The van der Waals surface area contributed by atoms with Gasteiger partial charge in [-0.1, -0.05) is 19.1 Å². The second-order valence-corrected chi connectivity index (χ2v) is 9.51. The Morgan fingerprint density at radius 3 is 2.16 bits per heavy atom. The van der Waals surface area contributed by atoms with Gasteiger partial charge in [-0.2, -0.15) is 4.72 Å². The number of amides is 1. The van der Waals surface area contributed by atoms with Gasteiger partial charge < -0.3 is 14.8 Å². The first-order valence-electron chi connectivity index (χ1n) is 9.27. The summed E-state index contributed by atoms with van der Waals surface area (Å²) in [6.07, 6.45) is 0.848. The van der Waals surface area contributed by atoms with E-state index in [1.165, 1.54) is 13.8 Å². The van der Waals surface area contributed by atoms with Crippen molar-refractivity contribution in [3.05, 3.63) is 45.8 Å². The third-order valence-electron chi connectivity index (χ3n) is 4.47. The van der Waals surface area contributed by atoms with Crippen LogP contribution >= 0.6 is 11.3 Å². The van der Waals surface area contributed by atoms with E-state index in [2.05, 4.69) is 19.5 Å². The smallest absolute Gasteiger partial charge is 0.348 e. The number of aryl methyl sites for hydroxylation is 1. The molecule has 2 rings (SSSR count). The van der Waals surface area contributed by atoms with Crippen LogP contribution in [0, 0.1) is 6.92 Å². The van der Waals surface area contributed by atoms with Crippen LogP contribution in [0.1, 0.15) is 45.0 Å². The van der Waals surface area contributed by atoms with Crippen molar-refractivity contribution >= 4 is 44.9 Å². The Hall–Kier alpha value is -2.76. The van der Waals surface area contributed by atoms with E-state index < -0.39 is 38.1 Å². The first-order chi connectivity index (χ1) is 14.5. The maximum Gasteiger partial charge on any atom is 0.348 e. The molecule has 0 unspecified atom stereocenters. The van der Waals surface area contributed by atoms with Crippen molar-refractivity contribution in [2.75, 3.05) is 19.5 Å². The highest BCUT2D eigenvalue weighted by Crippen LogP contribution is 2.33. The third-order valence-corrected chi connectivity index (χ3v) is 7.80. The SMILES string of the molecule is CCc1ccc(NC(=O)[C@H](C)NS(=O)(=O)c2sc(C(=O)OC)c(C)c2C(=O)OC)cc1. The van der Waals surface area contributed by atoms with E-state index >= 15 is 0 Å². The van der Waals surface area contributed by atoms with E-state index in [9.17, 15) is 22.8 Å². The molecule has 0 aliphatic heterocycles. The summed E-state index contributed by atoms with van der Waals surface area (Å²) in [5.74, 6) is -2.29. The average molecular weight is 469 g/mol. The van der Waals surface area contributed by atoms with Crippen LogP contribution in [-0.2, 0) is 30.7 Å². The Kier molecular flexibility index (Phi) is 7.93. The minimum absolute atomic E-state index is 0.0450. The van der Waals surface area contributed by atoms with Crippen molar-refractivity contribution in [1.29, 1.82) is 0 Å². The molecule has 1 heterocycles. The van der Waals surface area contributed by atoms with Gasteiger partial charge in [0.05, 0.1) is 25.8 Å². The largest absolute Gasteiger partial charge is 0.465 e. The molecule has 1 aromatic heterocycles. The molecule has 2 N–H and O–H groups in total. The van der Waals surface area contributed by atoms with E-state index in [0.717, 1.165) is 26.2 Å². The van der Waals surface area contributed by atoms with Crippen LogP contribution in [0.25, 0.3) is 0 Å². The standard InChI is InChI=1S/C20H24N2O7S2/c1-6-13-7-9-14(10-8-13)21-17(23)12(3)22-31(26,27)20-15(18(24)28-4)11(2)16(30-20)19(25)29-5/h7-10,12,22H,6H2,1-5H3,(H,21,23)/t12-/m0/s1. The number of methoxy groups -OCH3 is 2. The van der Waals surface area contributed by atoms with Crippen LogP contribution in [0.3, 0.4) is 0 Å². The summed E-state index contributed by atoms with van der Waals surface area (Å²) < 4.78 is 37.1. The number of nitrogens with one attached hydrogen (secondary N) is 2. The number of carbonyl (C=O) groups excluding carboxylic acids is 3. The molecule has 0 saturated carbocycles. The van der Waals surface area contributed by atoms with Crippen molar-refractivity contribution in [1.82, 2.24) is 4.72 Å². The van der Waals surface area contributed by atoms with E-state index in [1.807, 2.05) is 19.1 Å². The lowest BCUT2D eigenvalue weighted by Gasteiger charge is -2.14. The maximum atomic E-state index is 13.0. The number of ether oxygens (including phenoxy) is 2. The first kappa shape index (κ1) is 24.5. The van der Waals surface area contributed by atoms with Crippen LogP contribution < -0.4 is 10.0 Å². The molecular weight excluding hydrogens is 444 g/mol. The molecule has 0 saturated heterocycles. The van der Waals surface area contributed by atoms with Crippen molar-refractivity contribution in [2.24, 2.45) is 0 Å². The van der Waals surface area contributed by atoms with Gasteiger partial charge in [0.1, 0.15) is 4.88 Å². The molecular formula is C20H24N2O7S2. The Bertz CT molecular complexity index is 1090. The molecule has 0 spiro atoms. The van der Waals surface area contributed by atoms with Gasteiger partial charge in [-0.3, -0.25) is 4.79 Å². The van der Waals surface area contributed by atoms with Crippen LogP contribution in [0.4, 0.5) is 5.69 Å². The van der Waals surface area contributed by atoms with Crippen LogP contribution in [-0.4, -0.2) is 46.5 Å². The van der Waals surface area contributed by atoms with E-state index in [-0.39, 0.29) is 16.0 Å². The van der Waals surface area contributed by atoms with Gasteiger partial charge in [-0.15, -0.1) is 11.3 Å². The van der Waals surface area contributed by atoms with Gasteiger partial charge in [-0.05, 0) is 43.5 Å². The fraction of sp³-hybridized carbons (Fsp3) is 0.350. The van der Waals surface area contributed by atoms with Crippen LogP contribution in [0.2, 0.25) is 0 Å². The molecule has 2 aromatic rings. The van der Waals surface area contributed by atoms with E-state index in [4.69, 9.17) is 0 Å². The zero-order chi connectivity index (χ0) is 23.3. The number of esters is 2. The van der Waals surface area contributed by atoms with Crippen LogP contribution in [0.5, 0.6) is 0 Å². The average Bonchev–Trinajstić information content (AvgIpc) is 3.10. The molecule has 168 valence electrons. The zero-order valence-electron chi connectivity index (χ0n) is 17.8. The number of hydrogen-bond donors (Lipinski definition) is 2. The van der Waals surface area contributed by atoms with Gasteiger partial charge in [0.25, 0.3) is 10.0 Å². The molecule has 0 aliphatic rings. The number of anilines is 1. The minimum Gasteiger partial charge on any atom is -0.465 e. The highest BCUT2D eigenvalue weighted by molar-refractivity contribution is 7.91. The number of hydrogen-bond acceptors (Lipinski definition) is 8. The molecule has 31 heavy (non-hydrogen) atoms. The van der Waals surface area contributed by atoms with Crippen molar-refractivity contribution in [3.63, 3.8) is 0 Å². The summed E-state index contributed by atoms with van der Waals surface area (Å²) in [7, 11) is -2.10. The van der Waals surface area contributed by atoms with Gasteiger partial charge >= 0.3 is 11.9 Å². The van der Waals surface area contributed by atoms with E-state index in [0.29, 0.717) is 17.0 Å². The predicted octanol–water partition coefficient (Wildman–Crippen LogP) is 2.50. The predicted molar refractivity (Wildman–Crippen MR) is 116 cm³/mol. The lowest BCUT2D eigenvalue weighted by Crippen LogP contribution is -2.41. The molecule has 1 aromatic carbocycles. The number of benzene rings is 1. The topological polar surface area (TPSA) is 128 Å². The Morgan fingerprint density at radius 1 is 1.06 bits per heavy atom. The fourth-order valence-electron chi connectivity index (χ4n) is 2.72. The highest BCUT2D eigenvalue weighted by Gasteiger charge is 2.34. The quantitative estimate of drug-likeness (QED) is 0.570. The number of sulfonamides is 1. The summed E-state index contributed by atoms with van der Waals surface area (Å²) >= 11 is 0.574. The summed E-state index contributed by atoms with van der Waals surface area (Å²) in [6.45, 7) is 4.79. The maximum absolute atomic E-state index is 13.0. The number of thiophene rings is 1. The number of carbonyl (C=O) groups is 3. The molecule has 0 aliphatic carbocycles. The summed E-state index contributed by atoms with van der Waals surface area (Å²) in [6, 6.07) is 5.99. The summed E-state index contributed by atoms with van der Waals surface area (Å²) in [4.78, 5) is 36.6. The number of rotatable bonds is 8. The Balaban J connectivity index is 2.30. The Labute approximate surface area is 184 Å². The zero-order valence-corrected chi connectivity index (χ0v) is 19.4. The van der Waals surface area contributed by atoms with Gasteiger partial charge in [-0.25, -0.2) is 18.0 Å². The molecule has 0 radical (unpaired) electrons. The summed E-state index contributed by atoms with van der Waals surface area (Å²) in [5.41, 5.74) is 1.46. The van der Waals surface area contributed by atoms with Crippen molar-refractivity contribution in [2.45, 2.75) is 37.4 Å². The fourth-order valence-corrected chi connectivity index (χ4v) is 5.68.